The summed E-state index contributed by atoms with van der Waals surface area (Å²) in [6, 6.07) is 0. The summed E-state index contributed by atoms with van der Waals surface area (Å²) in [7, 11) is 0. The number of halogens is 1. The maximum atomic E-state index is 10.5. The highest BCUT2D eigenvalue weighted by atomic mass is 35.5. The summed E-state index contributed by atoms with van der Waals surface area (Å²) in [4.78, 5) is 10.5. The van der Waals surface area contributed by atoms with Crippen LogP contribution in [0.5, 0.6) is 0 Å². The molecule has 0 amide bonds. The van der Waals surface area contributed by atoms with Gasteiger partial charge in [0.1, 0.15) is 6.29 Å². The molecule has 0 bridgehead atoms. The average Bonchev–Trinajstić information content (AvgIpc) is 1.98. The van der Waals surface area contributed by atoms with Crippen LogP contribution in [0, 0.1) is 0 Å². The fourth-order valence-electron chi connectivity index (χ4n) is 1.37. The standard InChI is InChI=1S/C9H13ClO/c10-9-6-4-2-1-3-5-8(9)7-11/h7H,1-6H2. The fraction of sp³-hybridized carbons (Fsp3) is 0.667. The van der Waals surface area contributed by atoms with Gasteiger partial charge < -0.3 is 0 Å². The smallest absolute Gasteiger partial charge is 0.147 e. The monoisotopic (exact) mass is 172 g/mol. The Morgan fingerprint density at radius 1 is 1.09 bits per heavy atom. The minimum absolute atomic E-state index is 0.791. The predicted molar refractivity (Wildman–Crippen MR) is 46.6 cm³/mol. The first-order valence-electron chi connectivity index (χ1n) is 4.17. The van der Waals surface area contributed by atoms with Crippen molar-refractivity contribution in [3.8, 4) is 0 Å². The topological polar surface area (TPSA) is 17.1 Å². The highest BCUT2D eigenvalue weighted by molar-refractivity contribution is 6.31. The zero-order valence-electron chi connectivity index (χ0n) is 6.61. The number of carbonyl (C=O) groups is 1. The molecular formula is C9H13ClO. The van der Waals surface area contributed by atoms with Gasteiger partial charge in [-0.2, -0.15) is 0 Å². The Kier molecular flexibility index (Phi) is 3.64. The highest BCUT2D eigenvalue weighted by Crippen LogP contribution is 2.24. The van der Waals surface area contributed by atoms with Crippen molar-refractivity contribution in [1.29, 1.82) is 0 Å². The number of allylic oxidation sites excluding steroid dienone is 2. The second-order valence-corrected chi connectivity index (χ2v) is 3.42. The summed E-state index contributed by atoms with van der Waals surface area (Å²) in [6.07, 6.45) is 7.43. The molecule has 2 heteroatoms. The highest BCUT2D eigenvalue weighted by Gasteiger charge is 2.06. The molecule has 1 nitrogen and oxygen atoms in total. The lowest BCUT2D eigenvalue weighted by Crippen LogP contribution is -1.94. The Morgan fingerprint density at radius 2 is 1.73 bits per heavy atom. The van der Waals surface area contributed by atoms with Crippen molar-refractivity contribution < 1.29 is 4.79 Å². The van der Waals surface area contributed by atoms with Crippen molar-refractivity contribution in [1.82, 2.24) is 0 Å². The lowest BCUT2D eigenvalue weighted by Gasteiger charge is -2.08. The Bertz CT molecular complexity index is 172. The molecule has 1 aliphatic carbocycles. The van der Waals surface area contributed by atoms with E-state index in [1.165, 1.54) is 12.8 Å². The summed E-state index contributed by atoms with van der Waals surface area (Å²) < 4.78 is 0. The second kappa shape index (κ2) is 4.55. The number of hydrogen-bond acceptors (Lipinski definition) is 1. The summed E-state index contributed by atoms with van der Waals surface area (Å²) in [6.45, 7) is 0. The molecule has 11 heavy (non-hydrogen) atoms. The van der Waals surface area contributed by atoms with E-state index in [-0.39, 0.29) is 0 Å². The molecule has 0 fully saturated rings. The van der Waals surface area contributed by atoms with Crippen LogP contribution in [-0.2, 0) is 4.79 Å². The Morgan fingerprint density at radius 3 is 2.36 bits per heavy atom. The van der Waals surface area contributed by atoms with Crippen LogP contribution < -0.4 is 0 Å². The van der Waals surface area contributed by atoms with Crippen molar-refractivity contribution >= 4 is 17.9 Å². The summed E-state index contributed by atoms with van der Waals surface area (Å²) in [5.74, 6) is 0. The van der Waals surface area contributed by atoms with Crippen LogP contribution in [0.3, 0.4) is 0 Å². The van der Waals surface area contributed by atoms with Crippen molar-refractivity contribution in [2.24, 2.45) is 0 Å². The van der Waals surface area contributed by atoms with Gasteiger partial charge in [0.2, 0.25) is 0 Å². The fourth-order valence-corrected chi connectivity index (χ4v) is 1.64. The van der Waals surface area contributed by atoms with Crippen molar-refractivity contribution in [3.63, 3.8) is 0 Å². The van der Waals surface area contributed by atoms with Crippen molar-refractivity contribution in [3.05, 3.63) is 10.6 Å². The summed E-state index contributed by atoms with van der Waals surface area (Å²) >= 11 is 5.91. The first-order chi connectivity index (χ1) is 5.34. The van der Waals surface area contributed by atoms with Gasteiger partial charge in [0.05, 0.1) is 0 Å². The van der Waals surface area contributed by atoms with Crippen LogP contribution in [0.1, 0.15) is 38.5 Å². The Balaban J connectivity index is 2.63. The minimum Gasteiger partial charge on any atom is -0.298 e. The van der Waals surface area contributed by atoms with Crippen molar-refractivity contribution in [2.45, 2.75) is 38.5 Å². The summed E-state index contributed by atoms with van der Waals surface area (Å²) in [5.41, 5.74) is 0.825. The molecule has 0 aromatic rings. The molecule has 0 aromatic heterocycles. The third-order valence-electron chi connectivity index (χ3n) is 2.08. The number of hydrogen-bond donors (Lipinski definition) is 0. The molecule has 0 unspecified atom stereocenters. The normalized spacial score (nSPS) is 20.8. The summed E-state index contributed by atoms with van der Waals surface area (Å²) in [5, 5.41) is 0.791. The molecule has 0 aliphatic heterocycles. The molecule has 0 saturated heterocycles. The molecule has 0 radical (unpaired) electrons. The van der Waals surface area contributed by atoms with E-state index in [9.17, 15) is 4.79 Å². The van der Waals surface area contributed by atoms with Crippen molar-refractivity contribution in [2.75, 3.05) is 0 Å². The molecule has 62 valence electrons. The first-order valence-corrected chi connectivity index (χ1v) is 4.55. The van der Waals surface area contributed by atoms with Gasteiger partial charge in [0.15, 0.2) is 0 Å². The van der Waals surface area contributed by atoms with E-state index in [0.29, 0.717) is 0 Å². The van der Waals surface area contributed by atoms with E-state index in [2.05, 4.69) is 0 Å². The van der Waals surface area contributed by atoms with E-state index < -0.39 is 0 Å². The van der Waals surface area contributed by atoms with E-state index in [1.54, 1.807) is 0 Å². The largest absolute Gasteiger partial charge is 0.298 e. The van der Waals surface area contributed by atoms with Crippen LogP contribution in [-0.4, -0.2) is 6.29 Å². The van der Waals surface area contributed by atoms with Crippen LogP contribution in [0.2, 0.25) is 0 Å². The van der Waals surface area contributed by atoms with Crippen LogP contribution in [0.25, 0.3) is 0 Å². The lowest BCUT2D eigenvalue weighted by molar-refractivity contribution is -0.105. The molecule has 0 spiro atoms. The van der Waals surface area contributed by atoms with Gasteiger partial charge in [-0.25, -0.2) is 0 Å². The maximum absolute atomic E-state index is 10.5. The van der Waals surface area contributed by atoms with E-state index in [1.807, 2.05) is 0 Å². The minimum atomic E-state index is 0.791. The zero-order valence-corrected chi connectivity index (χ0v) is 7.36. The number of aldehydes is 1. The molecular weight excluding hydrogens is 160 g/mol. The molecule has 1 rings (SSSR count). The van der Waals surface area contributed by atoms with Gasteiger partial charge in [-0.15, -0.1) is 0 Å². The Hall–Kier alpha value is -0.300. The van der Waals surface area contributed by atoms with Crippen LogP contribution >= 0.6 is 11.6 Å². The molecule has 0 heterocycles. The van der Waals surface area contributed by atoms with Crippen LogP contribution in [0.15, 0.2) is 10.6 Å². The van der Waals surface area contributed by atoms with Crippen LogP contribution in [0.4, 0.5) is 0 Å². The average molecular weight is 173 g/mol. The van der Waals surface area contributed by atoms with Gasteiger partial charge in [0.25, 0.3) is 0 Å². The SMILES string of the molecule is O=CC1=C(Cl)CCCCCC1. The molecule has 0 saturated carbocycles. The van der Waals surface area contributed by atoms with Gasteiger partial charge >= 0.3 is 0 Å². The van der Waals surface area contributed by atoms with E-state index in [0.717, 1.165) is 42.6 Å². The molecule has 0 atom stereocenters. The van der Waals surface area contributed by atoms with E-state index in [4.69, 9.17) is 11.6 Å². The third-order valence-corrected chi connectivity index (χ3v) is 2.51. The predicted octanol–water partition coefficient (Wildman–Crippen LogP) is 3.03. The Labute approximate surface area is 72.4 Å². The van der Waals surface area contributed by atoms with Gasteiger partial charge in [-0.05, 0) is 25.7 Å². The molecule has 0 aromatic carbocycles. The number of carbonyl (C=O) groups excluding carboxylic acids is 1. The third kappa shape index (κ3) is 2.66. The van der Waals surface area contributed by atoms with Gasteiger partial charge in [-0.1, -0.05) is 24.4 Å². The van der Waals surface area contributed by atoms with E-state index >= 15 is 0 Å². The van der Waals surface area contributed by atoms with Gasteiger partial charge in [0, 0.05) is 10.6 Å². The maximum Gasteiger partial charge on any atom is 0.147 e. The quantitative estimate of drug-likeness (QED) is 0.556. The number of rotatable bonds is 1. The first kappa shape index (κ1) is 8.79. The second-order valence-electron chi connectivity index (χ2n) is 2.96. The zero-order chi connectivity index (χ0) is 8.10. The molecule has 0 N–H and O–H groups in total. The van der Waals surface area contributed by atoms with Gasteiger partial charge in [-0.3, -0.25) is 4.79 Å². The lowest BCUT2D eigenvalue weighted by atomic mass is 10.0. The molecule has 1 aliphatic rings.